The lowest BCUT2D eigenvalue weighted by molar-refractivity contribution is -0.135. The predicted molar refractivity (Wildman–Crippen MR) is 77.5 cm³/mol. The quantitative estimate of drug-likeness (QED) is 0.645. The van der Waals surface area contributed by atoms with Crippen LogP contribution in [0.25, 0.3) is 10.9 Å². The molecule has 116 valence electrons. The monoisotopic (exact) mass is 306 g/mol. The molecule has 1 heterocycles. The zero-order valence-corrected chi connectivity index (χ0v) is 11.9. The summed E-state index contributed by atoms with van der Waals surface area (Å²) in [6.45, 7) is 1.05. The molecule has 4 N–H and O–H groups in total. The van der Waals surface area contributed by atoms with Gasteiger partial charge in [-0.25, -0.2) is 0 Å². The predicted octanol–water partition coefficient (Wildman–Crippen LogP) is 0.365. The molecule has 0 spiro atoms. The van der Waals surface area contributed by atoms with Gasteiger partial charge in [-0.1, -0.05) is 0 Å². The van der Waals surface area contributed by atoms with Crippen LogP contribution in [0.3, 0.4) is 0 Å². The van der Waals surface area contributed by atoms with Gasteiger partial charge < -0.3 is 25.3 Å². The highest BCUT2D eigenvalue weighted by atomic mass is 16.5. The van der Waals surface area contributed by atoms with Crippen molar-refractivity contribution in [1.29, 1.82) is 0 Å². The molecule has 0 saturated carbocycles. The maximum Gasteiger partial charge on any atom is 0.322 e. The molecule has 0 radical (unpaired) electrons. The molecule has 0 atom stereocenters. The Morgan fingerprint density at radius 2 is 2.05 bits per heavy atom. The van der Waals surface area contributed by atoms with Gasteiger partial charge in [0.15, 0.2) is 0 Å². The normalized spacial score (nSPS) is 10.5. The van der Waals surface area contributed by atoms with Crippen molar-refractivity contribution >= 4 is 22.8 Å². The summed E-state index contributed by atoms with van der Waals surface area (Å²) in [6.07, 6.45) is 0. The van der Waals surface area contributed by atoms with E-state index in [-0.39, 0.29) is 5.39 Å². The smallest absolute Gasteiger partial charge is 0.322 e. The van der Waals surface area contributed by atoms with E-state index in [4.69, 9.17) is 9.84 Å². The number of methoxy groups -OCH3 is 1. The molecular weight excluding hydrogens is 292 g/mol. The molecule has 22 heavy (non-hydrogen) atoms. The third-order valence-corrected chi connectivity index (χ3v) is 3.13. The standard InChI is InChI=1S/C14H14N2O6/c1-6-3-7(22-2)4-8-11(6)16-14(21)10(12(8)19)13(20)15-5-9(17)18/h3-4H,5H2,1-2H3,(H,15,20)(H,17,18)(H2,16,19,21). The van der Waals surface area contributed by atoms with Crippen molar-refractivity contribution in [2.45, 2.75) is 6.92 Å². The number of ether oxygens (including phenoxy) is 1. The van der Waals surface area contributed by atoms with Gasteiger partial charge in [-0.2, -0.15) is 0 Å². The molecule has 2 rings (SSSR count). The van der Waals surface area contributed by atoms with E-state index in [1.54, 1.807) is 13.0 Å². The molecule has 0 bridgehead atoms. The van der Waals surface area contributed by atoms with E-state index in [0.29, 0.717) is 16.8 Å². The second-order valence-electron chi connectivity index (χ2n) is 4.62. The first-order valence-corrected chi connectivity index (χ1v) is 6.28. The van der Waals surface area contributed by atoms with Crippen molar-refractivity contribution in [3.8, 4) is 11.5 Å². The molecule has 8 nitrogen and oxygen atoms in total. The Labute approximate surface area is 124 Å². The molecule has 0 aliphatic heterocycles. The first-order valence-electron chi connectivity index (χ1n) is 6.28. The van der Waals surface area contributed by atoms with Gasteiger partial charge in [0.05, 0.1) is 12.6 Å². The van der Waals surface area contributed by atoms with Crippen LogP contribution in [0.2, 0.25) is 0 Å². The molecule has 1 aromatic carbocycles. The first kappa shape index (κ1) is 15.4. The molecule has 0 saturated heterocycles. The molecule has 1 amide bonds. The number of aromatic nitrogens is 1. The Hall–Kier alpha value is -3.03. The number of carboxylic acids is 1. The van der Waals surface area contributed by atoms with Gasteiger partial charge in [0.25, 0.3) is 11.5 Å². The highest BCUT2D eigenvalue weighted by molar-refractivity contribution is 6.03. The van der Waals surface area contributed by atoms with Gasteiger partial charge in [-0.15, -0.1) is 0 Å². The van der Waals surface area contributed by atoms with Crippen LogP contribution in [0, 0.1) is 6.92 Å². The summed E-state index contributed by atoms with van der Waals surface area (Å²) in [5.74, 6) is -2.31. The van der Waals surface area contributed by atoms with Crippen molar-refractivity contribution in [2.24, 2.45) is 0 Å². The number of carbonyl (C=O) groups is 2. The van der Waals surface area contributed by atoms with Gasteiger partial charge in [0, 0.05) is 5.39 Å². The van der Waals surface area contributed by atoms with E-state index in [9.17, 15) is 19.5 Å². The Morgan fingerprint density at radius 1 is 1.36 bits per heavy atom. The van der Waals surface area contributed by atoms with Crippen LogP contribution in [0.15, 0.2) is 16.9 Å². The second kappa shape index (κ2) is 5.76. The van der Waals surface area contributed by atoms with Crippen molar-refractivity contribution in [3.05, 3.63) is 33.6 Å². The topological polar surface area (TPSA) is 129 Å². The number of aryl methyl sites for hydroxylation is 1. The molecule has 8 heteroatoms. The van der Waals surface area contributed by atoms with E-state index in [0.717, 1.165) is 0 Å². The highest BCUT2D eigenvalue weighted by Gasteiger charge is 2.20. The van der Waals surface area contributed by atoms with Crippen LogP contribution in [0.4, 0.5) is 0 Å². The zero-order valence-electron chi connectivity index (χ0n) is 11.9. The van der Waals surface area contributed by atoms with Crippen LogP contribution in [0.1, 0.15) is 15.9 Å². The molecule has 0 unspecified atom stereocenters. The average molecular weight is 306 g/mol. The van der Waals surface area contributed by atoms with Crippen molar-refractivity contribution < 1.29 is 24.5 Å². The fourth-order valence-electron chi connectivity index (χ4n) is 2.10. The minimum absolute atomic E-state index is 0.233. The molecular formula is C14H14N2O6. The lowest BCUT2D eigenvalue weighted by Crippen LogP contribution is -2.33. The lowest BCUT2D eigenvalue weighted by Gasteiger charge is -2.10. The van der Waals surface area contributed by atoms with Crippen molar-refractivity contribution in [3.63, 3.8) is 0 Å². The first-order chi connectivity index (χ1) is 10.3. The summed E-state index contributed by atoms with van der Waals surface area (Å²) in [7, 11) is 1.45. The van der Waals surface area contributed by atoms with Gasteiger partial charge in [-0.3, -0.25) is 14.4 Å². The van der Waals surface area contributed by atoms with E-state index >= 15 is 0 Å². The van der Waals surface area contributed by atoms with E-state index < -0.39 is 35.3 Å². The summed E-state index contributed by atoms with van der Waals surface area (Å²) in [6, 6.07) is 3.14. The van der Waals surface area contributed by atoms with Gasteiger partial charge >= 0.3 is 5.97 Å². The maximum atomic E-state index is 12.0. The number of aliphatic carboxylic acids is 1. The minimum atomic E-state index is -1.26. The highest BCUT2D eigenvalue weighted by Crippen LogP contribution is 2.30. The van der Waals surface area contributed by atoms with Crippen molar-refractivity contribution in [1.82, 2.24) is 10.3 Å². The van der Waals surface area contributed by atoms with Crippen LogP contribution >= 0.6 is 0 Å². The second-order valence-corrected chi connectivity index (χ2v) is 4.62. The summed E-state index contributed by atoms with van der Waals surface area (Å²) >= 11 is 0. The number of nitrogens with one attached hydrogen (secondary N) is 2. The number of aromatic amines is 1. The third-order valence-electron chi connectivity index (χ3n) is 3.13. The number of hydrogen-bond acceptors (Lipinski definition) is 5. The zero-order chi connectivity index (χ0) is 16.4. The number of benzene rings is 1. The Morgan fingerprint density at radius 3 is 2.64 bits per heavy atom. The fourth-order valence-corrected chi connectivity index (χ4v) is 2.10. The van der Waals surface area contributed by atoms with Gasteiger partial charge in [0.1, 0.15) is 23.6 Å². The summed E-state index contributed by atoms with van der Waals surface area (Å²) < 4.78 is 5.09. The molecule has 0 fully saturated rings. The Balaban J connectivity index is 2.63. The summed E-state index contributed by atoms with van der Waals surface area (Å²) in [4.78, 5) is 36.9. The number of H-pyrrole nitrogens is 1. The number of fused-ring (bicyclic) bond motifs is 1. The lowest BCUT2D eigenvalue weighted by atomic mass is 10.1. The molecule has 0 aliphatic carbocycles. The average Bonchev–Trinajstić information content (AvgIpc) is 2.46. The van der Waals surface area contributed by atoms with E-state index in [2.05, 4.69) is 4.98 Å². The van der Waals surface area contributed by atoms with Gasteiger partial charge in [0.2, 0.25) is 0 Å². The fraction of sp³-hybridized carbons (Fsp3) is 0.214. The molecule has 1 aromatic heterocycles. The SMILES string of the molecule is COc1cc(C)c2[nH]c(=O)c(C(=O)NCC(=O)O)c(O)c2c1. The largest absolute Gasteiger partial charge is 0.506 e. The maximum absolute atomic E-state index is 12.0. The Bertz CT molecular complexity index is 824. The summed E-state index contributed by atoms with van der Waals surface area (Å²) in [5, 5.41) is 21.0. The van der Waals surface area contributed by atoms with Crippen molar-refractivity contribution in [2.75, 3.05) is 13.7 Å². The number of carbonyl (C=O) groups excluding carboxylic acids is 1. The number of amides is 1. The Kier molecular flexibility index (Phi) is 4.02. The number of carboxylic acid groups (broad SMARTS) is 1. The van der Waals surface area contributed by atoms with Crippen LogP contribution in [0.5, 0.6) is 11.5 Å². The number of aromatic hydroxyl groups is 1. The van der Waals surface area contributed by atoms with Crippen LogP contribution < -0.4 is 15.6 Å². The van der Waals surface area contributed by atoms with E-state index in [1.807, 2.05) is 5.32 Å². The minimum Gasteiger partial charge on any atom is -0.506 e. The molecule has 0 aliphatic rings. The van der Waals surface area contributed by atoms with E-state index in [1.165, 1.54) is 13.2 Å². The number of hydrogen-bond donors (Lipinski definition) is 4. The number of rotatable bonds is 4. The third kappa shape index (κ3) is 2.71. The van der Waals surface area contributed by atoms with Crippen LogP contribution in [-0.2, 0) is 4.79 Å². The summed E-state index contributed by atoms with van der Waals surface area (Å²) in [5.41, 5.74) is -0.320. The number of pyridine rings is 1. The van der Waals surface area contributed by atoms with Crippen LogP contribution in [-0.4, -0.2) is 40.7 Å². The van der Waals surface area contributed by atoms with Gasteiger partial charge in [-0.05, 0) is 24.6 Å². The molecule has 2 aromatic rings.